The van der Waals surface area contributed by atoms with E-state index in [0.29, 0.717) is 18.1 Å². The number of carbonyl (C=O) groups excluding carboxylic acids is 2. The Morgan fingerprint density at radius 3 is 2.21 bits per heavy atom. The predicted octanol–water partition coefficient (Wildman–Crippen LogP) is 5.42. The van der Waals surface area contributed by atoms with E-state index >= 15 is 0 Å². The molecule has 1 heterocycles. The summed E-state index contributed by atoms with van der Waals surface area (Å²) < 4.78 is 15.0. The molecule has 0 aliphatic rings. The molecular weight excluding hydrogens is 433 g/mol. The van der Waals surface area contributed by atoms with Gasteiger partial charge in [0.15, 0.2) is 0 Å². The number of nitrogens with zero attached hydrogens (tertiary/aromatic N) is 3. The fourth-order valence-electron chi connectivity index (χ4n) is 3.50. The largest absolute Gasteiger partial charge is 0.322 e. The van der Waals surface area contributed by atoms with Gasteiger partial charge in [-0.1, -0.05) is 39.0 Å². The highest BCUT2D eigenvalue weighted by Gasteiger charge is 2.23. The first-order valence-electron chi connectivity index (χ1n) is 11.3. The third kappa shape index (κ3) is 5.81. The van der Waals surface area contributed by atoms with Crippen LogP contribution >= 0.6 is 0 Å². The van der Waals surface area contributed by atoms with Crippen LogP contribution in [0.25, 0.3) is 5.69 Å². The number of carbonyl (C=O) groups is 2. The smallest absolute Gasteiger partial charge is 0.315 e. The van der Waals surface area contributed by atoms with Gasteiger partial charge in [0, 0.05) is 23.7 Å². The van der Waals surface area contributed by atoms with Gasteiger partial charge in [0.25, 0.3) is 0 Å². The highest BCUT2D eigenvalue weighted by Crippen LogP contribution is 2.26. The standard InChI is InChI=1S/C26H32FN5O2/c1-7-31(25(34)29-24-17(2)9-8-10-18(24)3)16-23(33)28-22-15-21(26(4,5)6)30-32(22)20-13-11-19(27)12-14-20/h8-15H,7,16H2,1-6H3,(H,28,33)(H,29,34). The van der Waals surface area contributed by atoms with Crippen molar-refractivity contribution < 1.29 is 14.0 Å². The Bertz CT molecular complexity index is 1160. The Kier molecular flexibility index (Phi) is 7.39. The minimum absolute atomic E-state index is 0.132. The van der Waals surface area contributed by atoms with E-state index in [1.165, 1.54) is 17.0 Å². The zero-order chi connectivity index (χ0) is 25.0. The quantitative estimate of drug-likeness (QED) is 0.510. The lowest BCUT2D eigenvalue weighted by atomic mass is 9.92. The molecule has 8 heteroatoms. The highest BCUT2D eigenvalue weighted by atomic mass is 19.1. The summed E-state index contributed by atoms with van der Waals surface area (Å²) in [5.74, 6) is -0.263. The molecule has 3 amide bonds. The molecule has 7 nitrogen and oxygen atoms in total. The Balaban J connectivity index is 1.79. The van der Waals surface area contributed by atoms with Crippen LogP contribution in [0.5, 0.6) is 0 Å². The van der Waals surface area contributed by atoms with Crippen LogP contribution in [0.3, 0.4) is 0 Å². The number of amides is 3. The van der Waals surface area contributed by atoms with Crippen molar-refractivity contribution in [2.75, 3.05) is 23.7 Å². The summed E-state index contributed by atoms with van der Waals surface area (Å²) >= 11 is 0. The fourth-order valence-corrected chi connectivity index (χ4v) is 3.50. The normalized spacial score (nSPS) is 11.3. The van der Waals surface area contributed by atoms with Gasteiger partial charge in [0.05, 0.1) is 11.4 Å². The number of aromatic nitrogens is 2. The molecule has 0 spiro atoms. The molecule has 0 aliphatic carbocycles. The predicted molar refractivity (Wildman–Crippen MR) is 133 cm³/mol. The molecule has 1 aromatic heterocycles. The molecule has 2 N–H and O–H groups in total. The van der Waals surface area contributed by atoms with Crippen molar-refractivity contribution >= 4 is 23.4 Å². The van der Waals surface area contributed by atoms with Crippen LogP contribution in [0.2, 0.25) is 0 Å². The number of para-hydroxylation sites is 1. The maximum Gasteiger partial charge on any atom is 0.322 e. The van der Waals surface area contributed by atoms with E-state index in [-0.39, 0.29) is 29.7 Å². The van der Waals surface area contributed by atoms with Gasteiger partial charge in [0.1, 0.15) is 18.2 Å². The third-order valence-corrected chi connectivity index (χ3v) is 5.53. The molecule has 0 bridgehead atoms. The fraction of sp³-hybridized carbons (Fsp3) is 0.346. The number of anilines is 2. The molecule has 2 aromatic carbocycles. The maximum atomic E-state index is 13.4. The Hall–Kier alpha value is -3.68. The lowest BCUT2D eigenvalue weighted by molar-refractivity contribution is -0.116. The Labute approximate surface area is 200 Å². The minimum atomic E-state index is -0.359. The van der Waals surface area contributed by atoms with Crippen molar-refractivity contribution in [3.8, 4) is 5.69 Å². The number of rotatable bonds is 6. The topological polar surface area (TPSA) is 79.3 Å². The van der Waals surface area contributed by atoms with E-state index in [1.807, 2.05) is 59.7 Å². The van der Waals surface area contributed by atoms with E-state index in [1.54, 1.807) is 22.9 Å². The van der Waals surface area contributed by atoms with Crippen LogP contribution in [0.4, 0.5) is 20.7 Å². The highest BCUT2D eigenvalue weighted by molar-refractivity contribution is 5.97. The van der Waals surface area contributed by atoms with Crippen LogP contribution < -0.4 is 10.6 Å². The Morgan fingerprint density at radius 1 is 1.03 bits per heavy atom. The molecule has 3 rings (SSSR count). The first kappa shape index (κ1) is 25.0. The molecule has 0 unspecified atom stereocenters. The van der Waals surface area contributed by atoms with Gasteiger partial charge >= 0.3 is 6.03 Å². The van der Waals surface area contributed by atoms with Crippen molar-refractivity contribution in [2.24, 2.45) is 0 Å². The maximum absolute atomic E-state index is 13.4. The first-order chi connectivity index (χ1) is 16.0. The van der Waals surface area contributed by atoms with Gasteiger partial charge in [-0.05, 0) is 56.2 Å². The number of hydrogen-bond donors (Lipinski definition) is 2. The number of halogens is 1. The molecule has 0 saturated heterocycles. The van der Waals surface area contributed by atoms with Gasteiger partial charge in [-0.2, -0.15) is 5.10 Å². The van der Waals surface area contributed by atoms with Gasteiger partial charge in [-0.3, -0.25) is 4.79 Å². The van der Waals surface area contributed by atoms with Gasteiger partial charge in [-0.25, -0.2) is 13.9 Å². The van der Waals surface area contributed by atoms with Crippen molar-refractivity contribution in [2.45, 2.75) is 47.0 Å². The lowest BCUT2D eigenvalue weighted by Crippen LogP contribution is -2.40. The third-order valence-electron chi connectivity index (χ3n) is 5.53. The SMILES string of the molecule is CCN(CC(=O)Nc1cc(C(C)(C)C)nn1-c1ccc(F)cc1)C(=O)Nc1c(C)cccc1C. The van der Waals surface area contributed by atoms with Crippen LogP contribution in [0.1, 0.15) is 44.5 Å². The summed E-state index contributed by atoms with van der Waals surface area (Å²) in [4.78, 5) is 27.2. The number of hydrogen-bond acceptors (Lipinski definition) is 3. The summed E-state index contributed by atoms with van der Waals surface area (Å²) in [6, 6.07) is 13.1. The van der Waals surface area contributed by atoms with Gasteiger partial charge in [-0.15, -0.1) is 0 Å². The monoisotopic (exact) mass is 465 g/mol. The van der Waals surface area contributed by atoms with Crippen molar-refractivity contribution in [3.63, 3.8) is 0 Å². The second-order valence-corrected chi connectivity index (χ2v) is 9.31. The van der Waals surface area contributed by atoms with Crippen molar-refractivity contribution in [1.29, 1.82) is 0 Å². The first-order valence-corrected chi connectivity index (χ1v) is 11.3. The van der Waals surface area contributed by atoms with E-state index in [0.717, 1.165) is 22.5 Å². The molecule has 0 radical (unpaired) electrons. The number of urea groups is 1. The summed E-state index contributed by atoms with van der Waals surface area (Å²) in [6.07, 6.45) is 0. The molecular formula is C26H32FN5O2. The van der Waals surface area contributed by atoms with Crippen molar-refractivity contribution in [1.82, 2.24) is 14.7 Å². The van der Waals surface area contributed by atoms with Crippen LogP contribution in [-0.2, 0) is 10.2 Å². The summed E-state index contributed by atoms with van der Waals surface area (Å²) in [6.45, 7) is 12.0. The van der Waals surface area contributed by atoms with E-state index < -0.39 is 0 Å². The van der Waals surface area contributed by atoms with E-state index in [4.69, 9.17) is 0 Å². The number of aryl methyl sites for hydroxylation is 2. The minimum Gasteiger partial charge on any atom is -0.315 e. The van der Waals surface area contributed by atoms with E-state index in [2.05, 4.69) is 15.7 Å². The average Bonchev–Trinajstić information content (AvgIpc) is 3.19. The second-order valence-electron chi connectivity index (χ2n) is 9.31. The molecule has 3 aromatic rings. The summed E-state index contributed by atoms with van der Waals surface area (Å²) in [7, 11) is 0. The summed E-state index contributed by atoms with van der Waals surface area (Å²) in [5, 5.41) is 10.4. The van der Waals surface area contributed by atoms with Crippen LogP contribution in [0.15, 0.2) is 48.5 Å². The van der Waals surface area contributed by atoms with Gasteiger partial charge < -0.3 is 15.5 Å². The average molecular weight is 466 g/mol. The molecule has 180 valence electrons. The lowest BCUT2D eigenvalue weighted by Gasteiger charge is -2.22. The molecule has 0 saturated carbocycles. The van der Waals surface area contributed by atoms with Crippen molar-refractivity contribution in [3.05, 3.63) is 71.2 Å². The van der Waals surface area contributed by atoms with Crippen LogP contribution in [-0.4, -0.2) is 39.7 Å². The summed E-state index contributed by atoms with van der Waals surface area (Å²) in [5.41, 5.74) is 3.78. The molecule has 34 heavy (non-hydrogen) atoms. The molecule has 0 atom stereocenters. The van der Waals surface area contributed by atoms with Gasteiger partial charge in [0.2, 0.25) is 5.91 Å². The Morgan fingerprint density at radius 2 is 1.65 bits per heavy atom. The zero-order valence-electron chi connectivity index (χ0n) is 20.6. The van der Waals surface area contributed by atoms with E-state index in [9.17, 15) is 14.0 Å². The molecule has 0 aliphatic heterocycles. The second kappa shape index (κ2) is 10.1. The number of benzene rings is 2. The number of likely N-dealkylation sites (N-methyl/N-ethyl adjacent to an activating group) is 1. The molecule has 0 fully saturated rings. The van der Waals surface area contributed by atoms with Crippen LogP contribution in [0, 0.1) is 19.7 Å². The zero-order valence-corrected chi connectivity index (χ0v) is 20.6. The number of nitrogens with one attached hydrogen (secondary N) is 2.